The van der Waals surface area contributed by atoms with Gasteiger partial charge < -0.3 is 15.5 Å². The van der Waals surface area contributed by atoms with Crippen LogP contribution in [0.2, 0.25) is 10.0 Å². The smallest absolute Gasteiger partial charge is 0.317 e. The number of hydrogen-bond acceptors (Lipinski definition) is 3. The molecule has 1 unspecified atom stereocenters. The molecule has 0 heterocycles. The predicted octanol–water partition coefficient (Wildman–Crippen LogP) is 1.70. The standard InChI is InChI=1S/C10H11Cl2NO3/c11-7-2-1-6(3-8(7)12)9(14)4-13-5-10(15)16/h1-3,9,13-14H,4-5H2,(H,15,16). The van der Waals surface area contributed by atoms with Gasteiger partial charge in [0.15, 0.2) is 0 Å². The number of aliphatic carboxylic acids is 1. The maximum absolute atomic E-state index is 10.2. The molecule has 1 rings (SSSR count). The molecule has 0 saturated heterocycles. The Morgan fingerprint density at radius 1 is 1.38 bits per heavy atom. The monoisotopic (exact) mass is 263 g/mol. The lowest BCUT2D eigenvalue weighted by Gasteiger charge is -2.11. The van der Waals surface area contributed by atoms with Crippen LogP contribution in [0.15, 0.2) is 18.2 Å². The van der Waals surface area contributed by atoms with E-state index < -0.39 is 12.1 Å². The second-order valence-electron chi connectivity index (χ2n) is 3.21. The van der Waals surface area contributed by atoms with Crippen molar-refractivity contribution in [1.82, 2.24) is 5.32 Å². The van der Waals surface area contributed by atoms with Crippen LogP contribution in [0.25, 0.3) is 0 Å². The molecule has 0 saturated carbocycles. The fourth-order valence-electron chi connectivity index (χ4n) is 1.15. The Bertz CT molecular complexity index is 384. The van der Waals surface area contributed by atoms with Gasteiger partial charge in [-0.3, -0.25) is 4.79 Å². The summed E-state index contributed by atoms with van der Waals surface area (Å²) in [5.74, 6) is -0.971. The van der Waals surface area contributed by atoms with Crippen molar-refractivity contribution >= 4 is 29.2 Å². The molecule has 88 valence electrons. The van der Waals surface area contributed by atoms with E-state index in [1.165, 1.54) is 0 Å². The third kappa shape index (κ3) is 3.98. The Morgan fingerprint density at radius 2 is 2.06 bits per heavy atom. The van der Waals surface area contributed by atoms with Crippen LogP contribution in [0.3, 0.4) is 0 Å². The van der Waals surface area contributed by atoms with Crippen LogP contribution in [0.5, 0.6) is 0 Å². The molecule has 0 spiro atoms. The van der Waals surface area contributed by atoms with Crippen molar-refractivity contribution in [3.63, 3.8) is 0 Å². The summed E-state index contributed by atoms with van der Waals surface area (Å²) < 4.78 is 0. The lowest BCUT2D eigenvalue weighted by Crippen LogP contribution is -2.27. The molecule has 0 aliphatic carbocycles. The predicted molar refractivity (Wildman–Crippen MR) is 61.9 cm³/mol. The van der Waals surface area contributed by atoms with Gasteiger partial charge in [0, 0.05) is 6.54 Å². The average Bonchev–Trinajstić information content (AvgIpc) is 2.21. The van der Waals surface area contributed by atoms with Crippen LogP contribution >= 0.6 is 23.2 Å². The first-order chi connectivity index (χ1) is 7.50. The van der Waals surface area contributed by atoms with Gasteiger partial charge in [0.1, 0.15) is 0 Å². The Balaban J connectivity index is 2.55. The van der Waals surface area contributed by atoms with Crippen LogP contribution < -0.4 is 5.32 Å². The normalized spacial score (nSPS) is 12.4. The lowest BCUT2D eigenvalue weighted by molar-refractivity contribution is -0.136. The fourth-order valence-corrected chi connectivity index (χ4v) is 1.46. The van der Waals surface area contributed by atoms with Gasteiger partial charge in [-0.1, -0.05) is 29.3 Å². The molecule has 6 heteroatoms. The number of aliphatic hydroxyl groups excluding tert-OH is 1. The van der Waals surface area contributed by atoms with Crippen LogP contribution in [0, 0.1) is 0 Å². The molecule has 1 aromatic rings. The number of carbonyl (C=O) groups is 1. The minimum atomic E-state index is -0.971. The maximum atomic E-state index is 10.2. The van der Waals surface area contributed by atoms with E-state index >= 15 is 0 Å². The first kappa shape index (κ1) is 13.3. The van der Waals surface area contributed by atoms with E-state index in [2.05, 4.69) is 5.32 Å². The minimum Gasteiger partial charge on any atom is -0.480 e. The van der Waals surface area contributed by atoms with E-state index in [1.807, 2.05) is 0 Å². The van der Waals surface area contributed by atoms with Gasteiger partial charge in [0.05, 0.1) is 22.7 Å². The summed E-state index contributed by atoms with van der Waals surface area (Å²) in [6, 6.07) is 4.78. The van der Waals surface area contributed by atoms with Crippen LogP contribution in [-0.4, -0.2) is 29.3 Å². The molecule has 0 aromatic heterocycles. The first-order valence-corrected chi connectivity index (χ1v) is 5.32. The van der Waals surface area contributed by atoms with Crippen molar-refractivity contribution in [3.8, 4) is 0 Å². The molecule has 0 aliphatic heterocycles. The van der Waals surface area contributed by atoms with Crippen molar-refractivity contribution in [2.24, 2.45) is 0 Å². The van der Waals surface area contributed by atoms with E-state index in [-0.39, 0.29) is 13.1 Å². The molecule has 16 heavy (non-hydrogen) atoms. The topological polar surface area (TPSA) is 69.6 Å². The van der Waals surface area contributed by atoms with Crippen molar-refractivity contribution in [2.45, 2.75) is 6.10 Å². The van der Waals surface area contributed by atoms with Gasteiger partial charge in [-0.05, 0) is 17.7 Å². The molecular weight excluding hydrogens is 253 g/mol. The molecule has 0 aliphatic rings. The maximum Gasteiger partial charge on any atom is 0.317 e. The summed E-state index contributed by atoms with van der Waals surface area (Å²) in [6.07, 6.45) is -0.811. The molecule has 0 amide bonds. The zero-order chi connectivity index (χ0) is 12.1. The van der Waals surface area contributed by atoms with Gasteiger partial charge in [0.2, 0.25) is 0 Å². The van der Waals surface area contributed by atoms with Gasteiger partial charge in [-0.25, -0.2) is 0 Å². The van der Waals surface area contributed by atoms with Crippen LogP contribution in [0.1, 0.15) is 11.7 Å². The number of rotatable bonds is 5. The minimum absolute atomic E-state index is 0.143. The van der Waals surface area contributed by atoms with Crippen molar-refractivity contribution < 1.29 is 15.0 Å². The average molecular weight is 264 g/mol. The SMILES string of the molecule is O=C(O)CNCC(O)c1ccc(Cl)c(Cl)c1. The Morgan fingerprint density at radius 3 is 2.62 bits per heavy atom. The highest BCUT2D eigenvalue weighted by atomic mass is 35.5. The lowest BCUT2D eigenvalue weighted by atomic mass is 10.1. The van der Waals surface area contributed by atoms with E-state index in [1.54, 1.807) is 18.2 Å². The van der Waals surface area contributed by atoms with E-state index in [9.17, 15) is 9.90 Å². The highest BCUT2D eigenvalue weighted by Gasteiger charge is 2.09. The second kappa shape index (κ2) is 6.06. The van der Waals surface area contributed by atoms with Gasteiger partial charge in [0.25, 0.3) is 0 Å². The second-order valence-corrected chi connectivity index (χ2v) is 4.03. The Kier molecular flexibility index (Phi) is 5.02. The first-order valence-electron chi connectivity index (χ1n) is 4.56. The summed E-state index contributed by atoms with van der Waals surface area (Å²) >= 11 is 11.5. The summed E-state index contributed by atoms with van der Waals surface area (Å²) in [5.41, 5.74) is 0.590. The summed E-state index contributed by atoms with van der Waals surface area (Å²) in [5, 5.41) is 21.4. The number of carboxylic acid groups (broad SMARTS) is 1. The zero-order valence-corrected chi connectivity index (χ0v) is 9.79. The van der Waals surface area contributed by atoms with Crippen molar-refractivity contribution in [1.29, 1.82) is 0 Å². The number of carboxylic acids is 1. The molecule has 3 N–H and O–H groups in total. The van der Waals surface area contributed by atoms with Gasteiger partial charge in [-0.2, -0.15) is 0 Å². The number of nitrogens with one attached hydrogen (secondary N) is 1. The molecule has 0 radical (unpaired) electrons. The number of benzene rings is 1. The Hall–Kier alpha value is -0.810. The largest absolute Gasteiger partial charge is 0.480 e. The molecule has 0 fully saturated rings. The summed E-state index contributed by atoms with van der Waals surface area (Å²) in [7, 11) is 0. The summed E-state index contributed by atoms with van der Waals surface area (Å²) in [4.78, 5) is 10.2. The number of hydrogen-bond donors (Lipinski definition) is 3. The third-order valence-electron chi connectivity index (χ3n) is 1.94. The van der Waals surface area contributed by atoms with Gasteiger partial charge in [-0.15, -0.1) is 0 Å². The zero-order valence-electron chi connectivity index (χ0n) is 8.28. The third-order valence-corrected chi connectivity index (χ3v) is 2.68. The van der Waals surface area contributed by atoms with E-state index in [0.717, 1.165) is 0 Å². The summed E-state index contributed by atoms with van der Waals surface area (Å²) in [6.45, 7) is -0.0529. The van der Waals surface area contributed by atoms with E-state index in [4.69, 9.17) is 28.3 Å². The van der Waals surface area contributed by atoms with Crippen LogP contribution in [-0.2, 0) is 4.79 Å². The quantitative estimate of drug-likeness (QED) is 0.757. The van der Waals surface area contributed by atoms with Crippen molar-refractivity contribution in [2.75, 3.05) is 13.1 Å². The van der Waals surface area contributed by atoms with Crippen molar-refractivity contribution in [3.05, 3.63) is 33.8 Å². The number of halogens is 2. The van der Waals surface area contributed by atoms with Crippen LogP contribution in [0.4, 0.5) is 0 Å². The molecule has 0 bridgehead atoms. The number of aliphatic hydroxyl groups is 1. The molecule has 4 nitrogen and oxygen atoms in total. The van der Waals surface area contributed by atoms with E-state index in [0.29, 0.717) is 15.6 Å². The van der Waals surface area contributed by atoms with Gasteiger partial charge >= 0.3 is 5.97 Å². The highest BCUT2D eigenvalue weighted by Crippen LogP contribution is 2.25. The highest BCUT2D eigenvalue weighted by molar-refractivity contribution is 6.42. The molecule has 1 atom stereocenters. The molecular formula is C10H11Cl2NO3. The fraction of sp³-hybridized carbons (Fsp3) is 0.300. The molecule has 1 aromatic carbocycles. The Labute approximate surface area is 103 Å².